The molecular weight excluding hydrogens is 264 g/mol. The number of nitrogens with zero attached hydrogens (tertiary/aromatic N) is 2. The van der Waals surface area contributed by atoms with E-state index in [2.05, 4.69) is 39.0 Å². The highest BCUT2D eigenvalue weighted by Gasteiger charge is 2.04. The minimum Gasteiger partial charge on any atom is -0.339 e. The first-order valence-electron chi connectivity index (χ1n) is 7.06. The molecule has 1 aromatic heterocycles. The van der Waals surface area contributed by atoms with Crippen molar-refractivity contribution >= 4 is 23.2 Å². The predicted octanol–water partition coefficient (Wildman–Crippen LogP) is 3.58. The Hall–Kier alpha value is -2.43. The van der Waals surface area contributed by atoms with E-state index < -0.39 is 0 Å². The van der Waals surface area contributed by atoms with Gasteiger partial charge in [0.05, 0.1) is 0 Å². The summed E-state index contributed by atoms with van der Waals surface area (Å²) in [5, 5.41) is 14.0. The summed E-state index contributed by atoms with van der Waals surface area (Å²) < 4.78 is 0. The van der Waals surface area contributed by atoms with Crippen LogP contribution in [0.25, 0.3) is 0 Å². The number of aromatic nitrogens is 2. The maximum Gasteiger partial charge on any atom is 0.225 e. The molecule has 0 aliphatic rings. The van der Waals surface area contributed by atoms with Crippen LogP contribution in [0, 0.1) is 13.8 Å². The van der Waals surface area contributed by atoms with Gasteiger partial charge in [-0.3, -0.25) is 4.79 Å². The minimum absolute atomic E-state index is 0.0398. The fourth-order valence-electron chi connectivity index (χ4n) is 1.91. The van der Waals surface area contributed by atoms with Crippen LogP contribution < -0.4 is 10.6 Å². The smallest absolute Gasteiger partial charge is 0.225 e. The molecule has 5 nitrogen and oxygen atoms in total. The lowest BCUT2D eigenvalue weighted by Gasteiger charge is -2.10. The molecule has 0 fully saturated rings. The number of hydrogen-bond acceptors (Lipinski definition) is 4. The van der Waals surface area contributed by atoms with Crippen LogP contribution in [0.1, 0.15) is 30.9 Å². The third-order valence-electron chi connectivity index (χ3n) is 3.06. The lowest BCUT2D eigenvalue weighted by Crippen LogP contribution is -2.12. The first-order valence-corrected chi connectivity index (χ1v) is 7.06. The van der Waals surface area contributed by atoms with Crippen molar-refractivity contribution in [3.8, 4) is 0 Å². The molecule has 0 bridgehead atoms. The number of carbonyl (C=O) groups is 1. The van der Waals surface area contributed by atoms with Gasteiger partial charge in [-0.2, -0.15) is 0 Å². The second-order valence-electron chi connectivity index (χ2n) is 5.05. The predicted molar refractivity (Wildman–Crippen MR) is 84.8 cm³/mol. The summed E-state index contributed by atoms with van der Waals surface area (Å²) >= 11 is 0. The first kappa shape index (κ1) is 15.0. The maximum absolute atomic E-state index is 11.5. The Morgan fingerprint density at radius 2 is 1.81 bits per heavy atom. The van der Waals surface area contributed by atoms with Gasteiger partial charge in [-0.15, -0.1) is 10.2 Å². The van der Waals surface area contributed by atoms with E-state index in [1.165, 1.54) is 5.56 Å². The van der Waals surface area contributed by atoms with E-state index in [9.17, 15) is 4.79 Å². The van der Waals surface area contributed by atoms with Crippen molar-refractivity contribution < 1.29 is 4.79 Å². The third kappa shape index (κ3) is 4.27. The molecule has 2 rings (SSSR count). The Morgan fingerprint density at radius 1 is 1.10 bits per heavy atom. The zero-order valence-electron chi connectivity index (χ0n) is 12.6. The van der Waals surface area contributed by atoms with Gasteiger partial charge in [0, 0.05) is 12.1 Å². The molecule has 0 radical (unpaired) electrons. The third-order valence-corrected chi connectivity index (χ3v) is 3.06. The summed E-state index contributed by atoms with van der Waals surface area (Å²) in [4.78, 5) is 11.5. The van der Waals surface area contributed by atoms with Gasteiger partial charge in [0.15, 0.2) is 11.6 Å². The van der Waals surface area contributed by atoms with Gasteiger partial charge in [0.25, 0.3) is 0 Å². The highest BCUT2D eigenvalue weighted by Crippen LogP contribution is 2.20. The first-order chi connectivity index (χ1) is 10.1. The number of carbonyl (C=O) groups excluding carboxylic acids is 1. The van der Waals surface area contributed by atoms with E-state index in [0.29, 0.717) is 18.1 Å². The molecule has 1 amide bonds. The van der Waals surface area contributed by atoms with E-state index in [4.69, 9.17) is 0 Å². The van der Waals surface area contributed by atoms with Gasteiger partial charge in [-0.25, -0.2) is 0 Å². The van der Waals surface area contributed by atoms with Crippen LogP contribution in [0.15, 0.2) is 30.3 Å². The van der Waals surface area contributed by atoms with Gasteiger partial charge in [-0.05, 0) is 49.6 Å². The molecule has 1 heterocycles. The van der Waals surface area contributed by atoms with Gasteiger partial charge >= 0.3 is 0 Å². The highest BCUT2D eigenvalue weighted by atomic mass is 16.1. The van der Waals surface area contributed by atoms with Gasteiger partial charge in [0.2, 0.25) is 5.91 Å². The summed E-state index contributed by atoms with van der Waals surface area (Å²) in [6.45, 7) is 6.04. The number of amides is 1. The molecule has 0 saturated heterocycles. The SMILES string of the molecule is CCCC(=O)Nc1ccc(Nc2cc(C)ccc2C)nn1. The molecule has 1 aromatic carbocycles. The Labute approximate surface area is 124 Å². The maximum atomic E-state index is 11.5. The Bertz CT molecular complexity index is 623. The highest BCUT2D eigenvalue weighted by molar-refractivity contribution is 5.89. The second-order valence-corrected chi connectivity index (χ2v) is 5.05. The van der Waals surface area contributed by atoms with Crippen molar-refractivity contribution in [3.05, 3.63) is 41.5 Å². The van der Waals surface area contributed by atoms with E-state index in [-0.39, 0.29) is 5.91 Å². The average molecular weight is 284 g/mol. The van der Waals surface area contributed by atoms with Crippen LogP contribution in [0.3, 0.4) is 0 Å². The second kappa shape index (κ2) is 6.83. The number of rotatable bonds is 5. The van der Waals surface area contributed by atoms with E-state index in [0.717, 1.165) is 17.7 Å². The van der Waals surface area contributed by atoms with Gasteiger partial charge in [-0.1, -0.05) is 19.1 Å². The van der Waals surface area contributed by atoms with Crippen molar-refractivity contribution in [1.82, 2.24) is 10.2 Å². The van der Waals surface area contributed by atoms with Crippen LogP contribution in [-0.2, 0) is 4.79 Å². The molecule has 0 aliphatic heterocycles. The van der Waals surface area contributed by atoms with Gasteiger partial charge in [0.1, 0.15) is 0 Å². The molecule has 0 aliphatic carbocycles. The van der Waals surface area contributed by atoms with Crippen molar-refractivity contribution in [3.63, 3.8) is 0 Å². The van der Waals surface area contributed by atoms with Crippen LogP contribution >= 0.6 is 0 Å². The largest absolute Gasteiger partial charge is 0.339 e. The standard InChI is InChI=1S/C16H20N4O/c1-4-5-16(21)18-15-9-8-14(19-20-15)17-13-10-11(2)6-7-12(13)3/h6-10H,4-5H2,1-3H3,(H,17,19)(H,18,20,21). The van der Waals surface area contributed by atoms with Crippen molar-refractivity contribution in [2.45, 2.75) is 33.6 Å². The summed E-state index contributed by atoms with van der Waals surface area (Å²) in [6.07, 6.45) is 1.30. The molecule has 5 heteroatoms. The average Bonchev–Trinajstić information content (AvgIpc) is 2.45. The minimum atomic E-state index is -0.0398. The Balaban J connectivity index is 2.05. The van der Waals surface area contributed by atoms with Crippen LogP contribution in [0.4, 0.5) is 17.3 Å². The van der Waals surface area contributed by atoms with E-state index in [1.54, 1.807) is 12.1 Å². The van der Waals surface area contributed by atoms with Gasteiger partial charge < -0.3 is 10.6 Å². The molecule has 0 spiro atoms. The fraction of sp³-hybridized carbons (Fsp3) is 0.312. The molecule has 2 N–H and O–H groups in total. The number of benzene rings is 1. The Kier molecular flexibility index (Phi) is 4.87. The summed E-state index contributed by atoms with van der Waals surface area (Å²) in [6, 6.07) is 9.74. The molecule has 2 aromatic rings. The van der Waals surface area contributed by atoms with E-state index in [1.807, 2.05) is 20.8 Å². The fourth-order valence-corrected chi connectivity index (χ4v) is 1.91. The van der Waals surface area contributed by atoms with Crippen LogP contribution in [0.2, 0.25) is 0 Å². The number of aryl methyl sites for hydroxylation is 2. The zero-order valence-corrected chi connectivity index (χ0v) is 12.6. The van der Waals surface area contributed by atoms with E-state index >= 15 is 0 Å². The normalized spacial score (nSPS) is 10.2. The number of hydrogen-bond donors (Lipinski definition) is 2. The van der Waals surface area contributed by atoms with Crippen molar-refractivity contribution in [2.75, 3.05) is 10.6 Å². The van der Waals surface area contributed by atoms with Crippen molar-refractivity contribution in [2.24, 2.45) is 0 Å². The van der Waals surface area contributed by atoms with Crippen molar-refractivity contribution in [1.29, 1.82) is 0 Å². The lowest BCUT2D eigenvalue weighted by atomic mass is 10.1. The molecule has 0 saturated carbocycles. The number of nitrogens with one attached hydrogen (secondary N) is 2. The summed E-state index contributed by atoms with van der Waals surface area (Å²) in [5.74, 6) is 1.08. The Morgan fingerprint density at radius 3 is 2.48 bits per heavy atom. The van der Waals surface area contributed by atoms with Crippen LogP contribution in [0.5, 0.6) is 0 Å². The molecular formula is C16H20N4O. The summed E-state index contributed by atoms with van der Waals surface area (Å²) in [5.41, 5.74) is 3.33. The molecule has 110 valence electrons. The molecule has 21 heavy (non-hydrogen) atoms. The monoisotopic (exact) mass is 284 g/mol. The molecule has 0 unspecified atom stereocenters. The zero-order chi connectivity index (χ0) is 15.2. The molecule has 0 atom stereocenters. The lowest BCUT2D eigenvalue weighted by molar-refractivity contribution is -0.116. The topological polar surface area (TPSA) is 66.9 Å². The summed E-state index contributed by atoms with van der Waals surface area (Å²) in [7, 11) is 0. The quantitative estimate of drug-likeness (QED) is 0.880. The van der Waals surface area contributed by atoms with Crippen LogP contribution in [-0.4, -0.2) is 16.1 Å². The number of anilines is 3.